The topological polar surface area (TPSA) is 65.6 Å². The molecule has 1 aliphatic rings. The van der Waals surface area contributed by atoms with Crippen molar-refractivity contribution in [2.75, 3.05) is 6.61 Å². The zero-order valence-electron chi connectivity index (χ0n) is 23.8. The molecule has 3 heterocycles. The highest BCUT2D eigenvalue weighted by molar-refractivity contribution is 7.07. The summed E-state index contributed by atoms with van der Waals surface area (Å²) in [6.45, 7) is 8.54. The molecule has 0 unspecified atom stereocenters. The van der Waals surface area contributed by atoms with Crippen LogP contribution in [-0.2, 0) is 16.1 Å². The number of carbonyl (C=O) groups excluding carboxylic acids is 1. The summed E-state index contributed by atoms with van der Waals surface area (Å²) in [5, 5.41) is 1.75. The summed E-state index contributed by atoms with van der Waals surface area (Å²) in [4.78, 5) is 32.6. The Kier molecular flexibility index (Phi) is 7.47. The Bertz CT molecular complexity index is 2070. The van der Waals surface area contributed by atoms with E-state index >= 15 is 0 Å². The van der Waals surface area contributed by atoms with Gasteiger partial charge in [0.2, 0.25) is 0 Å². The smallest absolute Gasteiger partial charge is 0.338 e. The number of ether oxygens (including phenoxy) is 1. The first-order valence-electron chi connectivity index (χ1n) is 13.8. The number of carbonyl (C=O) groups is 1. The lowest BCUT2D eigenvalue weighted by Crippen LogP contribution is -2.39. The molecule has 5 aromatic rings. The van der Waals surface area contributed by atoms with E-state index in [9.17, 15) is 9.59 Å². The maximum atomic E-state index is 14.2. The molecule has 212 valence electrons. The van der Waals surface area contributed by atoms with Crippen LogP contribution in [0.15, 0.2) is 93.9 Å². The number of rotatable bonds is 6. The first-order valence-corrected chi connectivity index (χ1v) is 15.0. The molecule has 0 N–H and O–H groups in total. The molecule has 6 rings (SSSR count). The molecule has 2 aromatic heterocycles. The molecule has 0 spiro atoms. The number of para-hydroxylation sites is 1. The predicted molar refractivity (Wildman–Crippen MR) is 169 cm³/mol. The number of nitrogens with zero attached hydrogens (tertiary/aromatic N) is 3. The van der Waals surface area contributed by atoms with E-state index in [-0.39, 0.29) is 12.2 Å². The number of fused-ring (bicyclic) bond motifs is 2. The summed E-state index contributed by atoms with van der Waals surface area (Å²) in [5.41, 5.74) is 6.87. The summed E-state index contributed by atoms with van der Waals surface area (Å²) in [5.74, 6) is -0.460. The van der Waals surface area contributed by atoms with Gasteiger partial charge in [-0.25, -0.2) is 9.79 Å². The lowest BCUT2D eigenvalue weighted by Gasteiger charge is -2.24. The number of halogens is 1. The van der Waals surface area contributed by atoms with Crippen LogP contribution in [0.4, 0.5) is 0 Å². The fourth-order valence-corrected chi connectivity index (χ4v) is 6.89. The third kappa shape index (κ3) is 4.93. The molecule has 0 bridgehead atoms. The average molecular weight is 596 g/mol. The molecular formula is C34H30ClN3O3S. The Hall–Kier alpha value is -4.20. The number of thiazole rings is 1. The first-order chi connectivity index (χ1) is 20.3. The van der Waals surface area contributed by atoms with Crippen LogP contribution in [0.1, 0.15) is 47.8 Å². The van der Waals surface area contributed by atoms with Gasteiger partial charge in [-0.3, -0.25) is 9.36 Å². The molecule has 3 aromatic carbocycles. The van der Waals surface area contributed by atoms with Gasteiger partial charge in [-0.05, 0) is 63.1 Å². The number of esters is 1. The van der Waals surface area contributed by atoms with Crippen LogP contribution in [-0.4, -0.2) is 21.7 Å². The van der Waals surface area contributed by atoms with Crippen molar-refractivity contribution >= 4 is 45.9 Å². The molecule has 6 nitrogen and oxygen atoms in total. The van der Waals surface area contributed by atoms with E-state index < -0.39 is 12.0 Å². The van der Waals surface area contributed by atoms with Crippen molar-refractivity contribution in [3.63, 3.8) is 0 Å². The van der Waals surface area contributed by atoms with Crippen molar-refractivity contribution in [2.45, 2.75) is 40.3 Å². The normalized spacial score (nSPS) is 15.2. The number of aryl methyl sites for hydroxylation is 1. The Morgan fingerprint density at radius 1 is 1.05 bits per heavy atom. The van der Waals surface area contributed by atoms with E-state index in [0.29, 0.717) is 32.2 Å². The average Bonchev–Trinajstić information content (AvgIpc) is 3.41. The standard InChI is InChI=1S/C34H30ClN3O3S/c1-5-41-33(40)30-21(3)36-34-38(31(30)24-15-13-20(2)14-16-24)32(39)29(42-34)18-27-22(4)37(28-12-7-6-11-26(27)28)19-23-9-8-10-25(35)17-23/h6-18,31H,5,19H2,1-4H3/b29-18-/t31-/m1/s1. The van der Waals surface area contributed by atoms with Gasteiger partial charge < -0.3 is 9.30 Å². The van der Waals surface area contributed by atoms with Crippen molar-refractivity contribution < 1.29 is 9.53 Å². The third-order valence-electron chi connectivity index (χ3n) is 7.69. The third-order valence-corrected chi connectivity index (χ3v) is 8.91. The second kappa shape index (κ2) is 11.2. The van der Waals surface area contributed by atoms with E-state index in [0.717, 1.165) is 38.9 Å². The number of hydrogen-bond donors (Lipinski definition) is 0. The summed E-state index contributed by atoms with van der Waals surface area (Å²) in [6.07, 6.45) is 1.96. The zero-order chi connectivity index (χ0) is 29.5. The molecule has 0 saturated carbocycles. The molecule has 0 radical (unpaired) electrons. The number of allylic oxidation sites excluding steroid dienone is 1. The lowest BCUT2D eigenvalue weighted by atomic mass is 9.95. The summed E-state index contributed by atoms with van der Waals surface area (Å²) >= 11 is 7.61. The van der Waals surface area contributed by atoms with Gasteiger partial charge in [-0.15, -0.1) is 0 Å². The molecule has 0 aliphatic carbocycles. The van der Waals surface area contributed by atoms with Gasteiger partial charge in [0.25, 0.3) is 5.56 Å². The minimum absolute atomic E-state index is 0.190. The van der Waals surface area contributed by atoms with Gasteiger partial charge in [0.15, 0.2) is 4.80 Å². The van der Waals surface area contributed by atoms with Gasteiger partial charge in [-0.1, -0.05) is 83.1 Å². The highest BCUT2D eigenvalue weighted by Crippen LogP contribution is 2.31. The van der Waals surface area contributed by atoms with Gasteiger partial charge >= 0.3 is 5.97 Å². The molecular weight excluding hydrogens is 566 g/mol. The van der Waals surface area contributed by atoms with Gasteiger partial charge in [0, 0.05) is 33.7 Å². The Morgan fingerprint density at radius 3 is 2.55 bits per heavy atom. The second-order valence-electron chi connectivity index (χ2n) is 10.4. The number of benzene rings is 3. The number of hydrogen-bond acceptors (Lipinski definition) is 5. The lowest BCUT2D eigenvalue weighted by molar-refractivity contribution is -0.139. The van der Waals surface area contributed by atoms with Crippen molar-refractivity contribution in [3.05, 3.63) is 137 Å². The maximum absolute atomic E-state index is 14.2. The van der Waals surface area contributed by atoms with Gasteiger partial charge in [-0.2, -0.15) is 0 Å². The highest BCUT2D eigenvalue weighted by atomic mass is 35.5. The fraction of sp³-hybridized carbons (Fsp3) is 0.206. The van der Waals surface area contributed by atoms with Crippen LogP contribution in [0, 0.1) is 13.8 Å². The van der Waals surface area contributed by atoms with Crippen LogP contribution in [0.5, 0.6) is 0 Å². The zero-order valence-corrected chi connectivity index (χ0v) is 25.4. The minimum atomic E-state index is -0.631. The van der Waals surface area contributed by atoms with Crippen LogP contribution < -0.4 is 14.9 Å². The molecule has 1 aliphatic heterocycles. The van der Waals surface area contributed by atoms with Gasteiger partial charge in [0.05, 0.1) is 28.5 Å². The molecule has 8 heteroatoms. The highest BCUT2D eigenvalue weighted by Gasteiger charge is 2.33. The largest absolute Gasteiger partial charge is 0.463 e. The van der Waals surface area contributed by atoms with E-state index in [2.05, 4.69) is 29.7 Å². The summed E-state index contributed by atoms with van der Waals surface area (Å²) < 4.78 is 9.86. The van der Waals surface area contributed by atoms with E-state index in [1.165, 1.54) is 11.3 Å². The molecule has 0 fully saturated rings. The minimum Gasteiger partial charge on any atom is -0.463 e. The quantitative estimate of drug-likeness (QED) is 0.224. The van der Waals surface area contributed by atoms with Crippen LogP contribution in [0.25, 0.3) is 17.0 Å². The SMILES string of the molecule is CCOC(=O)C1=C(C)N=c2s/c(=C\c3c(C)n(Cc4cccc(Cl)c4)c4ccccc34)c(=O)n2[C@@H]1c1ccc(C)cc1. The van der Waals surface area contributed by atoms with Crippen molar-refractivity contribution in [2.24, 2.45) is 4.99 Å². The Labute approximate surface area is 252 Å². The molecule has 1 atom stereocenters. The molecule has 0 saturated heterocycles. The number of aromatic nitrogens is 2. The first kappa shape index (κ1) is 27.9. The van der Waals surface area contributed by atoms with Crippen LogP contribution in [0.3, 0.4) is 0 Å². The summed E-state index contributed by atoms with van der Waals surface area (Å²) in [6, 6.07) is 23.3. The van der Waals surface area contributed by atoms with Gasteiger partial charge in [0.1, 0.15) is 0 Å². The van der Waals surface area contributed by atoms with Crippen molar-refractivity contribution in [1.29, 1.82) is 0 Å². The van der Waals surface area contributed by atoms with E-state index in [1.54, 1.807) is 18.4 Å². The van der Waals surface area contributed by atoms with Crippen molar-refractivity contribution in [3.8, 4) is 0 Å². The van der Waals surface area contributed by atoms with Crippen molar-refractivity contribution in [1.82, 2.24) is 9.13 Å². The summed E-state index contributed by atoms with van der Waals surface area (Å²) in [7, 11) is 0. The van der Waals surface area contributed by atoms with E-state index in [1.807, 2.05) is 67.6 Å². The predicted octanol–water partition coefficient (Wildman–Crippen LogP) is 6.07. The fourth-order valence-electron chi connectivity index (χ4n) is 5.65. The second-order valence-corrected chi connectivity index (χ2v) is 11.9. The van der Waals surface area contributed by atoms with E-state index in [4.69, 9.17) is 21.3 Å². The van der Waals surface area contributed by atoms with Crippen LogP contribution in [0.2, 0.25) is 5.02 Å². The monoisotopic (exact) mass is 595 g/mol. The molecule has 0 amide bonds. The Morgan fingerprint density at radius 2 is 1.81 bits per heavy atom. The van der Waals surface area contributed by atoms with Crippen LogP contribution >= 0.6 is 22.9 Å². The Balaban J connectivity index is 1.54. The molecule has 42 heavy (non-hydrogen) atoms. The maximum Gasteiger partial charge on any atom is 0.338 e.